The van der Waals surface area contributed by atoms with Crippen LogP contribution in [0.3, 0.4) is 0 Å². The van der Waals surface area contributed by atoms with Crippen molar-refractivity contribution in [2.24, 2.45) is 0 Å². The molecule has 170 valence electrons. The number of carbonyl (C=O) groups excluding carboxylic acids is 2. The molecule has 6 nitrogen and oxygen atoms in total. The lowest BCUT2D eigenvalue weighted by Crippen LogP contribution is -2.34. The van der Waals surface area contributed by atoms with Crippen molar-refractivity contribution in [3.8, 4) is 5.75 Å². The molecule has 32 heavy (non-hydrogen) atoms. The molecule has 3 rings (SSSR count). The van der Waals surface area contributed by atoms with Gasteiger partial charge in [-0.05, 0) is 36.1 Å². The van der Waals surface area contributed by atoms with Crippen LogP contribution >= 0.6 is 0 Å². The van der Waals surface area contributed by atoms with Crippen LogP contribution in [-0.4, -0.2) is 48.6 Å². The molecule has 0 radical (unpaired) electrons. The van der Waals surface area contributed by atoms with Gasteiger partial charge >= 0.3 is 0 Å². The van der Waals surface area contributed by atoms with E-state index in [1.165, 1.54) is 4.90 Å². The highest BCUT2D eigenvalue weighted by Crippen LogP contribution is 2.38. The maximum absolute atomic E-state index is 13.2. The SMILES string of the molecule is CCCCOc1ccc(C2C(C(=O)CCc3ccccc3)=C(O)C(=O)N2CCOC)cc1. The number of hydrogen-bond acceptors (Lipinski definition) is 5. The van der Waals surface area contributed by atoms with Crippen molar-refractivity contribution >= 4 is 11.7 Å². The van der Waals surface area contributed by atoms with Crippen LogP contribution in [0.1, 0.15) is 43.4 Å². The number of ketones is 1. The molecule has 0 spiro atoms. The second kappa shape index (κ2) is 11.5. The van der Waals surface area contributed by atoms with Crippen LogP contribution in [0.15, 0.2) is 65.9 Å². The van der Waals surface area contributed by atoms with E-state index in [9.17, 15) is 14.7 Å². The summed E-state index contributed by atoms with van der Waals surface area (Å²) in [6.45, 7) is 3.32. The summed E-state index contributed by atoms with van der Waals surface area (Å²) >= 11 is 0. The van der Waals surface area contributed by atoms with Gasteiger partial charge in [0.15, 0.2) is 11.5 Å². The van der Waals surface area contributed by atoms with Gasteiger partial charge in [-0.3, -0.25) is 9.59 Å². The second-order valence-corrected chi connectivity index (χ2v) is 7.84. The summed E-state index contributed by atoms with van der Waals surface area (Å²) in [7, 11) is 1.55. The van der Waals surface area contributed by atoms with Crippen LogP contribution in [0, 0.1) is 0 Å². The summed E-state index contributed by atoms with van der Waals surface area (Å²) in [6, 6.07) is 16.4. The molecule has 0 aromatic heterocycles. The minimum atomic E-state index is -0.648. The first kappa shape index (κ1) is 23.5. The monoisotopic (exact) mass is 437 g/mol. The van der Waals surface area contributed by atoms with Crippen molar-refractivity contribution in [3.63, 3.8) is 0 Å². The maximum Gasteiger partial charge on any atom is 0.290 e. The largest absolute Gasteiger partial charge is 0.503 e. The fourth-order valence-electron chi connectivity index (χ4n) is 3.82. The van der Waals surface area contributed by atoms with Crippen LogP contribution < -0.4 is 4.74 Å². The lowest BCUT2D eigenvalue weighted by molar-refractivity contribution is -0.130. The first-order valence-electron chi connectivity index (χ1n) is 11.1. The van der Waals surface area contributed by atoms with Crippen LogP contribution in [0.25, 0.3) is 0 Å². The Hall–Kier alpha value is -3.12. The number of hydrogen-bond donors (Lipinski definition) is 1. The molecule has 6 heteroatoms. The van der Waals surface area contributed by atoms with Crippen molar-refractivity contribution in [1.29, 1.82) is 0 Å². The summed E-state index contributed by atoms with van der Waals surface area (Å²) in [5.74, 6) is -0.501. The van der Waals surface area contributed by atoms with Gasteiger partial charge in [0.05, 0.1) is 24.8 Å². The highest BCUT2D eigenvalue weighted by molar-refractivity contribution is 6.09. The van der Waals surface area contributed by atoms with Crippen LogP contribution in [0.2, 0.25) is 0 Å². The molecule has 0 saturated heterocycles. The minimum Gasteiger partial charge on any atom is -0.503 e. The van der Waals surface area contributed by atoms with Crippen molar-refractivity contribution < 1.29 is 24.2 Å². The van der Waals surface area contributed by atoms with Crippen molar-refractivity contribution in [1.82, 2.24) is 4.90 Å². The molecule has 0 aliphatic carbocycles. The zero-order chi connectivity index (χ0) is 22.9. The summed E-state index contributed by atoms with van der Waals surface area (Å²) in [6.07, 6.45) is 2.78. The molecule has 1 amide bonds. The molecule has 1 heterocycles. The third-order valence-electron chi connectivity index (χ3n) is 5.59. The number of unbranched alkanes of at least 4 members (excludes halogenated alkanes) is 1. The standard InChI is InChI=1S/C26H31NO5/c1-3-4-17-32-21-13-11-20(12-14-21)24-23(25(29)26(30)27(24)16-18-31-2)22(28)15-10-19-8-6-5-7-9-19/h5-9,11-14,24,29H,3-4,10,15-18H2,1-2H3. The first-order valence-corrected chi connectivity index (χ1v) is 11.1. The van der Waals surface area contributed by atoms with Gasteiger partial charge in [0.2, 0.25) is 0 Å². The smallest absolute Gasteiger partial charge is 0.290 e. The molecule has 1 atom stereocenters. The number of carbonyl (C=O) groups is 2. The Bertz CT molecular complexity index is 936. The Morgan fingerprint density at radius 2 is 1.78 bits per heavy atom. The third kappa shape index (κ3) is 5.56. The summed E-state index contributed by atoms with van der Waals surface area (Å²) in [4.78, 5) is 27.5. The van der Waals surface area contributed by atoms with Gasteiger partial charge in [0.1, 0.15) is 5.75 Å². The Morgan fingerprint density at radius 1 is 1.06 bits per heavy atom. The van der Waals surface area contributed by atoms with E-state index in [4.69, 9.17) is 9.47 Å². The number of aliphatic hydroxyl groups excluding tert-OH is 1. The number of methoxy groups -OCH3 is 1. The third-order valence-corrected chi connectivity index (χ3v) is 5.59. The van der Waals surface area contributed by atoms with E-state index in [0.29, 0.717) is 19.6 Å². The Balaban J connectivity index is 1.83. The maximum atomic E-state index is 13.2. The molecule has 2 aromatic rings. The average molecular weight is 438 g/mol. The van der Waals surface area contributed by atoms with E-state index < -0.39 is 17.7 Å². The van der Waals surface area contributed by atoms with E-state index in [-0.39, 0.29) is 24.3 Å². The lowest BCUT2D eigenvalue weighted by atomic mass is 9.93. The van der Waals surface area contributed by atoms with E-state index in [0.717, 1.165) is 29.7 Å². The van der Waals surface area contributed by atoms with E-state index in [1.807, 2.05) is 54.6 Å². The van der Waals surface area contributed by atoms with Crippen LogP contribution in [0.5, 0.6) is 5.75 Å². The van der Waals surface area contributed by atoms with Gasteiger partial charge in [0.25, 0.3) is 5.91 Å². The number of ether oxygens (including phenoxy) is 2. The molecular formula is C26H31NO5. The molecular weight excluding hydrogens is 406 g/mol. The normalized spacial score (nSPS) is 16.0. The number of benzene rings is 2. The second-order valence-electron chi connectivity index (χ2n) is 7.84. The quantitative estimate of drug-likeness (QED) is 0.498. The van der Waals surface area contributed by atoms with Crippen LogP contribution in [0.4, 0.5) is 0 Å². The average Bonchev–Trinajstić information content (AvgIpc) is 3.07. The fraction of sp³-hybridized carbons (Fsp3) is 0.385. The van der Waals surface area contributed by atoms with Gasteiger partial charge in [0, 0.05) is 20.1 Å². The lowest BCUT2D eigenvalue weighted by Gasteiger charge is -2.26. The Kier molecular flexibility index (Phi) is 8.45. The van der Waals surface area contributed by atoms with Gasteiger partial charge in [-0.2, -0.15) is 0 Å². The Morgan fingerprint density at radius 3 is 2.44 bits per heavy atom. The number of aliphatic hydroxyl groups is 1. The van der Waals surface area contributed by atoms with E-state index in [2.05, 4.69) is 6.92 Å². The van der Waals surface area contributed by atoms with E-state index >= 15 is 0 Å². The zero-order valence-electron chi connectivity index (χ0n) is 18.8. The minimum absolute atomic E-state index is 0.154. The van der Waals surface area contributed by atoms with Gasteiger partial charge in [-0.15, -0.1) is 0 Å². The predicted octanol–water partition coefficient (Wildman–Crippen LogP) is 4.41. The van der Waals surface area contributed by atoms with Gasteiger partial charge in [-0.25, -0.2) is 0 Å². The molecule has 1 N–H and O–H groups in total. The molecule has 0 fully saturated rings. The number of aryl methyl sites for hydroxylation is 1. The van der Waals surface area contributed by atoms with E-state index in [1.54, 1.807) is 7.11 Å². The number of amides is 1. The van der Waals surface area contributed by atoms with Crippen molar-refractivity contribution in [3.05, 3.63) is 77.1 Å². The number of nitrogens with zero attached hydrogens (tertiary/aromatic N) is 1. The molecule has 1 unspecified atom stereocenters. The zero-order valence-corrected chi connectivity index (χ0v) is 18.8. The molecule has 2 aromatic carbocycles. The van der Waals surface area contributed by atoms with Gasteiger partial charge < -0.3 is 19.5 Å². The van der Waals surface area contributed by atoms with Crippen molar-refractivity contribution in [2.75, 3.05) is 26.9 Å². The molecule has 0 saturated carbocycles. The molecule has 1 aliphatic rings. The topological polar surface area (TPSA) is 76.1 Å². The van der Waals surface area contributed by atoms with Crippen LogP contribution in [-0.2, 0) is 20.7 Å². The highest BCUT2D eigenvalue weighted by atomic mass is 16.5. The number of Topliss-reactive ketones (excluding diaryl/α,β-unsaturated/α-hetero) is 1. The fourth-order valence-corrected chi connectivity index (χ4v) is 3.82. The number of rotatable bonds is 12. The first-order chi connectivity index (χ1) is 15.6. The summed E-state index contributed by atoms with van der Waals surface area (Å²) in [5, 5.41) is 10.6. The van der Waals surface area contributed by atoms with Gasteiger partial charge in [-0.1, -0.05) is 55.8 Å². The summed E-state index contributed by atoms with van der Waals surface area (Å²) in [5.41, 5.74) is 1.94. The van der Waals surface area contributed by atoms with Crippen molar-refractivity contribution in [2.45, 2.75) is 38.6 Å². The highest BCUT2D eigenvalue weighted by Gasteiger charge is 2.42. The predicted molar refractivity (Wildman–Crippen MR) is 123 cm³/mol. The summed E-state index contributed by atoms with van der Waals surface area (Å²) < 4.78 is 10.9. The Labute approximate surface area is 189 Å². The molecule has 0 bridgehead atoms. The molecule has 1 aliphatic heterocycles.